The van der Waals surface area contributed by atoms with E-state index >= 15 is 0 Å². The summed E-state index contributed by atoms with van der Waals surface area (Å²) in [6, 6.07) is 14.5. The molecule has 1 atom stereocenters. The maximum atomic E-state index is 12.7. The average molecular weight is 394 g/mol. The third-order valence-electron chi connectivity index (χ3n) is 4.56. The van der Waals surface area contributed by atoms with Gasteiger partial charge in [-0.2, -0.15) is 0 Å². The number of ether oxygens (including phenoxy) is 2. The summed E-state index contributed by atoms with van der Waals surface area (Å²) in [6.07, 6.45) is 0.507. The van der Waals surface area contributed by atoms with Crippen molar-refractivity contribution in [2.45, 2.75) is 33.2 Å². The molecule has 0 saturated carbocycles. The van der Waals surface area contributed by atoms with Crippen molar-refractivity contribution in [2.75, 3.05) is 7.11 Å². The van der Waals surface area contributed by atoms with Crippen LogP contribution >= 0.6 is 0 Å². The molecule has 3 rings (SSSR count). The molecule has 0 aliphatic rings. The first kappa shape index (κ1) is 20.5. The topological polar surface area (TPSA) is 80.4 Å². The van der Waals surface area contributed by atoms with Crippen molar-refractivity contribution in [1.82, 2.24) is 10.3 Å². The largest absolute Gasteiger partial charge is 0.467 e. The summed E-state index contributed by atoms with van der Waals surface area (Å²) in [4.78, 5) is 27.7. The number of fused-ring (bicyclic) bond motifs is 1. The lowest BCUT2D eigenvalue weighted by molar-refractivity contribution is -0.143. The minimum atomic E-state index is -0.681. The molecule has 2 aromatic carbocycles. The Morgan fingerprint density at radius 1 is 1.07 bits per heavy atom. The Kier molecular flexibility index (Phi) is 6.22. The third kappa shape index (κ3) is 5.16. The van der Waals surface area contributed by atoms with E-state index in [0.717, 1.165) is 22.2 Å². The van der Waals surface area contributed by atoms with Crippen LogP contribution < -0.4 is 10.1 Å². The number of nitrogens with one attached hydrogen (secondary N) is 2. The molecule has 0 fully saturated rings. The second-order valence-electron chi connectivity index (χ2n) is 7.53. The van der Waals surface area contributed by atoms with Gasteiger partial charge in [-0.25, -0.2) is 4.79 Å². The van der Waals surface area contributed by atoms with Crippen molar-refractivity contribution < 1.29 is 19.1 Å². The van der Waals surface area contributed by atoms with Crippen molar-refractivity contribution >= 4 is 22.8 Å². The molecule has 0 aliphatic heterocycles. The number of esters is 1. The van der Waals surface area contributed by atoms with Gasteiger partial charge in [0.25, 0.3) is 5.91 Å². The van der Waals surface area contributed by atoms with Crippen LogP contribution in [-0.4, -0.2) is 30.0 Å². The third-order valence-corrected chi connectivity index (χ3v) is 4.56. The van der Waals surface area contributed by atoms with Gasteiger partial charge in [0.2, 0.25) is 0 Å². The van der Waals surface area contributed by atoms with E-state index in [1.807, 2.05) is 63.2 Å². The second-order valence-corrected chi connectivity index (χ2v) is 7.53. The first-order chi connectivity index (χ1) is 13.9. The van der Waals surface area contributed by atoms with Crippen LogP contribution in [0, 0.1) is 12.8 Å². The fraction of sp³-hybridized carbons (Fsp3) is 0.304. The van der Waals surface area contributed by atoms with Crippen LogP contribution in [0.3, 0.4) is 0 Å². The van der Waals surface area contributed by atoms with E-state index in [2.05, 4.69) is 10.3 Å². The number of aromatic nitrogens is 1. The van der Waals surface area contributed by atoms with Gasteiger partial charge in [-0.15, -0.1) is 0 Å². The fourth-order valence-electron chi connectivity index (χ4n) is 3.18. The van der Waals surface area contributed by atoms with Crippen molar-refractivity contribution in [2.24, 2.45) is 5.92 Å². The molecule has 3 aromatic rings. The SMILES string of the molecule is COC(=O)[C@@H](CC(C)C)NC(=O)c1cc2cc(Oc3cccc(C)c3)ccc2[nH]1. The van der Waals surface area contributed by atoms with Gasteiger partial charge in [0.05, 0.1) is 7.11 Å². The number of benzene rings is 2. The van der Waals surface area contributed by atoms with Crippen molar-refractivity contribution in [3.05, 3.63) is 59.8 Å². The Hall–Kier alpha value is -3.28. The average Bonchev–Trinajstić information content (AvgIpc) is 3.10. The van der Waals surface area contributed by atoms with E-state index in [1.165, 1.54) is 7.11 Å². The van der Waals surface area contributed by atoms with Gasteiger partial charge in [0.15, 0.2) is 0 Å². The number of aryl methyl sites for hydroxylation is 1. The minimum Gasteiger partial charge on any atom is -0.467 e. The van der Waals surface area contributed by atoms with Crippen LogP contribution in [0.5, 0.6) is 11.5 Å². The van der Waals surface area contributed by atoms with Gasteiger partial charge < -0.3 is 19.8 Å². The standard InChI is InChI=1S/C23H26N2O4/c1-14(2)10-21(23(27)28-4)25-22(26)20-13-16-12-18(8-9-19(16)24-20)29-17-7-5-6-15(3)11-17/h5-9,11-14,21,24H,10H2,1-4H3,(H,25,26)/t21-/m1/s1. The highest BCUT2D eigenvalue weighted by molar-refractivity contribution is 6.00. The summed E-state index contributed by atoms with van der Waals surface area (Å²) in [6.45, 7) is 5.98. The van der Waals surface area contributed by atoms with Crippen molar-refractivity contribution in [3.63, 3.8) is 0 Å². The zero-order valence-corrected chi connectivity index (χ0v) is 17.1. The first-order valence-corrected chi connectivity index (χ1v) is 9.61. The van der Waals surface area contributed by atoms with Gasteiger partial charge in [0, 0.05) is 10.9 Å². The highest BCUT2D eigenvalue weighted by Gasteiger charge is 2.24. The number of hydrogen-bond donors (Lipinski definition) is 2. The summed E-state index contributed by atoms with van der Waals surface area (Å²) >= 11 is 0. The highest BCUT2D eigenvalue weighted by Crippen LogP contribution is 2.26. The quantitative estimate of drug-likeness (QED) is 0.575. The van der Waals surface area contributed by atoms with Crippen LogP contribution in [0.4, 0.5) is 0 Å². The molecule has 0 unspecified atom stereocenters. The Balaban J connectivity index is 1.78. The zero-order valence-electron chi connectivity index (χ0n) is 17.1. The van der Waals surface area contributed by atoms with Crippen LogP contribution in [0.15, 0.2) is 48.5 Å². The predicted octanol–water partition coefficient (Wildman–Crippen LogP) is 4.59. The van der Waals surface area contributed by atoms with Crippen molar-refractivity contribution in [1.29, 1.82) is 0 Å². The highest BCUT2D eigenvalue weighted by atomic mass is 16.5. The summed E-state index contributed by atoms with van der Waals surface area (Å²) < 4.78 is 10.7. The predicted molar refractivity (Wildman–Crippen MR) is 112 cm³/mol. The molecule has 0 saturated heterocycles. The molecule has 2 N–H and O–H groups in total. The summed E-state index contributed by atoms with van der Waals surface area (Å²) in [5, 5.41) is 3.61. The second kappa shape index (κ2) is 8.82. The van der Waals surface area contributed by atoms with E-state index in [4.69, 9.17) is 9.47 Å². The zero-order chi connectivity index (χ0) is 21.0. The van der Waals surface area contributed by atoms with E-state index in [9.17, 15) is 9.59 Å². The van der Waals surface area contributed by atoms with Gasteiger partial charge in [-0.1, -0.05) is 26.0 Å². The number of amides is 1. The number of carbonyl (C=O) groups excluding carboxylic acids is 2. The van der Waals surface area contributed by atoms with Gasteiger partial charge in [-0.3, -0.25) is 4.79 Å². The molecule has 6 nitrogen and oxygen atoms in total. The lowest BCUT2D eigenvalue weighted by Gasteiger charge is -2.17. The fourth-order valence-corrected chi connectivity index (χ4v) is 3.18. The Bertz CT molecular complexity index is 1020. The van der Waals surface area contributed by atoms with E-state index < -0.39 is 12.0 Å². The molecule has 29 heavy (non-hydrogen) atoms. The van der Waals surface area contributed by atoms with Crippen LogP contribution in [-0.2, 0) is 9.53 Å². The molecule has 152 valence electrons. The number of aromatic amines is 1. The molecule has 1 amide bonds. The Morgan fingerprint density at radius 3 is 2.52 bits per heavy atom. The minimum absolute atomic E-state index is 0.239. The molecule has 0 spiro atoms. The molecule has 0 radical (unpaired) electrons. The number of carbonyl (C=O) groups is 2. The van der Waals surface area contributed by atoms with Crippen LogP contribution in [0.1, 0.15) is 36.3 Å². The van der Waals surface area contributed by atoms with E-state index in [1.54, 1.807) is 6.07 Å². The van der Waals surface area contributed by atoms with Gasteiger partial charge in [0.1, 0.15) is 23.2 Å². The molecule has 6 heteroatoms. The van der Waals surface area contributed by atoms with Crippen molar-refractivity contribution in [3.8, 4) is 11.5 Å². The van der Waals surface area contributed by atoms with E-state index in [0.29, 0.717) is 17.9 Å². The smallest absolute Gasteiger partial charge is 0.328 e. The summed E-state index contributed by atoms with van der Waals surface area (Å²) in [7, 11) is 1.32. The Labute approximate surface area is 170 Å². The maximum Gasteiger partial charge on any atom is 0.328 e. The molecule has 0 bridgehead atoms. The normalized spacial score (nSPS) is 12.0. The molecular weight excluding hydrogens is 368 g/mol. The van der Waals surface area contributed by atoms with Crippen LogP contribution in [0.25, 0.3) is 10.9 Å². The van der Waals surface area contributed by atoms with Gasteiger partial charge in [-0.05, 0) is 61.2 Å². The first-order valence-electron chi connectivity index (χ1n) is 9.61. The van der Waals surface area contributed by atoms with E-state index in [-0.39, 0.29) is 11.8 Å². The monoisotopic (exact) mass is 394 g/mol. The number of H-pyrrole nitrogens is 1. The molecule has 1 heterocycles. The molecule has 1 aromatic heterocycles. The number of rotatable bonds is 7. The molecule has 0 aliphatic carbocycles. The maximum absolute atomic E-state index is 12.7. The summed E-state index contributed by atoms with van der Waals surface area (Å²) in [5.74, 6) is 0.882. The van der Waals surface area contributed by atoms with Crippen LogP contribution in [0.2, 0.25) is 0 Å². The lowest BCUT2D eigenvalue weighted by atomic mass is 10.0. The Morgan fingerprint density at radius 2 is 1.83 bits per heavy atom. The number of hydrogen-bond acceptors (Lipinski definition) is 4. The summed E-state index contributed by atoms with van der Waals surface area (Å²) in [5.41, 5.74) is 2.31. The van der Waals surface area contributed by atoms with Gasteiger partial charge >= 0.3 is 5.97 Å². The molecular formula is C23H26N2O4. The lowest BCUT2D eigenvalue weighted by Crippen LogP contribution is -2.42. The number of methoxy groups -OCH3 is 1.